The Morgan fingerprint density at radius 3 is 2.45 bits per heavy atom. The highest BCUT2D eigenvalue weighted by atomic mass is 32.1. The second-order valence-corrected chi connectivity index (χ2v) is 7.20. The average molecular weight is 443 g/mol. The Bertz CT molecular complexity index is 1250. The van der Waals surface area contributed by atoms with Crippen LogP contribution in [0.2, 0.25) is 0 Å². The highest BCUT2D eigenvalue weighted by Crippen LogP contribution is 2.26. The van der Waals surface area contributed by atoms with Crippen LogP contribution < -0.4 is 0 Å². The minimum absolute atomic E-state index is 0.143. The molecule has 0 spiro atoms. The smallest absolute Gasteiger partial charge is 0.378 e. The fourth-order valence-corrected chi connectivity index (χ4v) is 3.37. The van der Waals surface area contributed by atoms with Crippen molar-refractivity contribution in [2.45, 2.75) is 0 Å². The van der Waals surface area contributed by atoms with Gasteiger partial charge >= 0.3 is 5.97 Å². The Kier molecular flexibility index (Phi) is 5.63. The number of thiophene rings is 1. The summed E-state index contributed by atoms with van der Waals surface area (Å²) < 4.78 is 45.9. The summed E-state index contributed by atoms with van der Waals surface area (Å²) >= 11 is 1.36. The van der Waals surface area contributed by atoms with Crippen LogP contribution in [0.1, 0.15) is 21.0 Å². The molecular weight excluding hydrogens is 431 g/mol. The topological polar surface area (TPSA) is 74.1 Å². The lowest BCUT2D eigenvalue weighted by molar-refractivity contribution is 0.0462. The number of hydrogen-bond donors (Lipinski definition) is 0. The van der Waals surface area contributed by atoms with Gasteiger partial charge in [0.25, 0.3) is 5.82 Å². The maximum absolute atomic E-state index is 13.3. The van der Waals surface area contributed by atoms with Crippen molar-refractivity contribution >= 4 is 23.1 Å². The Morgan fingerprint density at radius 1 is 1.00 bits per heavy atom. The van der Waals surface area contributed by atoms with Crippen LogP contribution in [0, 0.1) is 17.5 Å². The standard InChI is InChI=1S/C21H12F3N3O3S/c22-13-4-6-14(7-5-13)27-20(18-2-1-9-31-18)25-19(26-27)21(29)30-11-17(28)12-3-8-15(23)16(24)10-12/h1-10H,11H2. The molecule has 0 saturated heterocycles. The molecule has 0 saturated carbocycles. The molecule has 0 amide bonds. The summed E-state index contributed by atoms with van der Waals surface area (Å²) in [6, 6.07) is 11.6. The molecule has 156 valence electrons. The molecule has 0 bridgehead atoms. The SMILES string of the molecule is O=C(COC(=O)c1nc(-c2cccs2)n(-c2ccc(F)cc2)n1)c1ccc(F)c(F)c1. The average Bonchev–Trinajstić information content (AvgIpc) is 3.44. The summed E-state index contributed by atoms with van der Waals surface area (Å²) in [7, 11) is 0. The van der Waals surface area contributed by atoms with E-state index >= 15 is 0 Å². The lowest BCUT2D eigenvalue weighted by Crippen LogP contribution is -2.16. The Hall–Kier alpha value is -3.79. The second-order valence-electron chi connectivity index (χ2n) is 6.25. The zero-order valence-corrected chi connectivity index (χ0v) is 16.4. The molecule has 2 heterocycles. The van der Waals surface area contributed by atoms with E-state index < -0.39 is 35.8 Å². The number of nitrogens with zero attached hydrogens (tertiary/aromatic N) is 3. The van der Waals surface area contributed by atoms with E-state index in [1.807, 2.05) is 5.38 Å². The zero-order chi connectivity index (χ0) is 22.0. The molecule has 0 aliphatic heterocycles. The molecule has 0 atom stereocenters. The third-order valence-electron chi connectivity index (χ3n) is 4.18. The van der Waals surface area contributed by atoms with E-state index in [4.69, 9.17) is 4.74 Å². The molecule has 0 aliphatic carbocycles. The van der Waals surface area contributed by atoms with Gasteiger partial charge in [0.2, 0.25) is 0 Å². The number of esters is 1. The number of rotatable bonds is 6. The van der Waals surface area contributed by atoms with E-state index in [0.717, 1.165) is 18.2 Å². The number of aromatic nitrogens is 3. The molecule has 4 aromatic rings. The number of carbonyl (C=O) groups excluding carboxylic acids is 2. The number of ether oxygens (including phenoxy) is 1. The molecule has 2 aromatic heterocycles. The van der Waals surface area contributed by atoms with Gasteiger partial charge in [-0.25, -0.2) is 22.6 Å². The highest BCUT2D eigenvalue weighted by Gasteiger charge is 2.22. The van der Waals surface area contributed by atoms with Gasteiger partial charge < -0.3 is 4.74 Å². The highest BCUT2D eigenvalue weighted by molar-refractivity contribution is 7.13. The van der Waals surface area contributed by atoms with Crippen molar-refractivity contribution in [3.05, 3.63) is 88.8 Å². The molecule has 0 fully saturated rings. The van der Waals surface area contributed by atoms with Crippen molar-refractivity contribution in [2.75, 3.05) is 6.61 Å². The maximum Gasteiger partial charge on any atom is 0.378 e. The lowest BCUT2D eigenvalue weighted by atomic mass is 10.1. The van der Waals surface area contributed by atoms with Gasteiger partial charge in [-0.15, -0.1) is 16.4 Å². The maximum atomic E-state index is 13.3. The van der Waals surface area contributed by atoms with Crippen LogP contribution in [0.25, 0.3) is 16.4 Å². The second kappa shape index (κ2) is 8.52. The van der Waals surface area contributed by atoms with Gasteiger partial charge in [-0.2, -0.15) is 4.98 Å². The fourth-order valence-electron chi connectivity index (χ4n) is 2.67. The van der Waals surface area contributed by atoms with Crippen molar-refractivity contribution in [1.29, 1.82) is 0 Å². The molecule has 2 aromatic carbocycles. The van der Waals surface area contributed by atoms with E-state index in [-0.39, 0.29) is 11.4 Å². The van der Waals surface area contributed by atoms with E-state index in [2.05, 4.69) is 10.1 Å². The number of ketones is 1. The summed E-state index contributed by atoms with van der Waals surface area (Å²) in [6.45, 7) is -0.705. The predicted octanol–water partition coefficient (Wildman–Crippen LogP) is 4.45. The molecule has 0 aliphatic rings. The van der Waals surface area contributed by atoms with Gasteiger partial charge in [-0.05, 0) is 53.9 Å². The first-order valence-corrected chi connectivity index (χ1v) is 9.72. The van der Waals surface area contributed by atoms with Crippen LogP contribution in [0.5, 0.6) is 0 Å². The van der Waals surface area contributed by atoms with Crippen LogP contribution >= 0.6 is 11.3 Å². The molecule has 0 radical (unpaired) electrons. The number of hydrogen-bond acceptors (Lipinski definition) is 6. The Balaban J connectivity index is 1.56. The van der Waals surface area contributed by atoms with E-state index in [1.54, 1.807) is 12.1 Å². The molecule has 4 rings (SSSR count). The molecule has 0 unspecified atom stereocenters. The van der Waals surface area contributed by atoms with E-state index in [0.29, 0.717) is 16.4 Å². The van der Waals surface area contributed by atoms with Crippen LogP contribution in [-0.4, -0.2) is 33.1 Å². The number of Topliss-reactive ketones (excluding diaryl/α,β-unsaturated/α-hetero) is 1. The van der Waals surface area contributed by atoms with E-state index in [1.165, 1.54) is 40.3 Å². The third-order valence-corrected chi connectivity index (χ3v) is 5.04. The van der Waals surface area contributed by atoms with Gasteiger partial charge in [-0.1, -0.05) is 6.07 Å². The normalized spacial score (nSPS) is 10.8. The van der Waals surface area contributed by atoms with Crippen LogP contribution in [-0.2, 0) is 4.74 Å². The van der Waals surface area contributed by atoms with Crippen molar-refractivity contribution in [2.24, 2.45) is 0 Å². The predicted molar refractivity (Wildman–Crippen MR) is 106 cm³/mol. The zero-order valence-electron chi connectivity index (χ0n) is 15.6. The summed E-state index contributed by atoms with van der Waals surface area (Å²) in [5.41, 5.74) is 0.324. The lowest BCUT2D eigenvalue weighted by Gasteiger charge is -2.04. The van der Waals surface area contributed by atoms with Crippen molar-refractivity contribution in [3.8, 4) is 16.4 Å². The van der Waals surface area contributed by atoms with Crippen LogP contribution in [0.15, 0.2) is 60.0 Å². The summed E-state index contributed by atoms with van der Waals surface area (Å²) in [5.74, 6) is -4.39. The molecule has 10 heteroatoms. The van der Waals surface area contributed by atoms with Gasteiger partial charge in [0.1, 0.15) is 5.82 Å². The first-order chi connectivity index (χ1) is 14.9. The quantitative estimate of drug-likeness (QED) is 0.325. The summed E-state index contributed by atoms with van der Waals surface area (Å²) in [6.07, 6.45) is 0. The summed E-state index contributed by atoms with van der Waals surface area (Å²) in [4.78, 5) is 29.4. The van der Waals surface area contributed by atoms with E-state index in [9.17, 15) is 22.8 Å². The van der Waals surface area contributed by atoms with Crippen molar-refractivity contribution in [3.63, 3.8) is 0 Å². The molecule has 0 N–H and O–H groups in total. The number of benzene rings is 2. The van der Waals surface area contributed by atoms with Gasteiger partial charge in [0.15, 0.2) is 29.8 Å². The monoisotopic (exact) mass is 443 g/mol. The molecule has 6 nitrogen and oxygen atoms in total. The van der Waals surface area contributed by atoms with Crippen molar-refractivity contribution in [1.82, 2.24) is 14.8 Å². The van der Waals surface area contributed by atoms with Crippen LogP contribution in [0.4, 0.5) is 13.2 Å². The minimum Gasteiger partial charge on any atom is -0.451 e. The third kappa shape index (κ3) is 4.38. The van der Waals surface area contributed by atoms with Crippen LogP contribution in [0.3, 0.4) is 0 Å². The fraction of sp³-hybridized carbons (Fsp3) is 0.0476. The largest absolute Gasteiger partial charge is 0.451 e. The first-order valence-electron chi connectivity index (χ1n) is 8.84. The van der Waals surface area contributed by atoms with Crippen molar-refractivity contribution < 1.29 is 27.5 Å². The van der Waals surface area contributed by atoms with Gasteiger partial charge in [0, 0.05) is 5.56 Å². The number of carbonyl (C=O) groups is 2. The number of halogens is 3. The summed E-state index contributed by atoms with van der Waals surface area (Å²) in [5, 5.41) is 5.95. The van der Waals surface area contributed by atoms with Gasteiger partial charge in [0.05, 0.1) is 10.6 Å². The first kappa shape index (κ1) is 20.5. The Morgan fingerprint density at radius 2 is 1.77 bits per heavy atom. The molecular formula is C21H12F3N3O3S. The van der Waals surface area contributed by atoms with Gasteiger partial charge in [-0.3, -0.25) is 4.79 Å². The minimum atomic E-state index is -1.18. The Labute approximate surface area is 177 Å². The molecule has 31 heavy (non-hydrogen) atoms.